The predicted octanol–water partition coefficient (Wildman–Crippen LogP) is 0.750. The molecule has 0 saturated carbocycles. The average molecular weight is 217 g/mol. The molecule has 0 amide bonds. The van der Waals surface area contributed by atoms with E-state index in [1.54, 1.807) is 13.8 Å². The van der Waals surface area contributed by atoms with Crippen molar-refractivity contribution in [2.24, 2.45) is 0 Å². The summed E-state index contributed by atoms with van der Waals surface area (Å²) in [5, 5.41) is 3.41. The van der Waals surface area contributed by atoms with E-state index in [-0.39, 0.29) is 0 Å². The first-order chi connectivity index (χ1) is 6.39. The molecule has 0 aliphatic heterocycles. The first kappa shape index (κ1) is 11.0. The monoisotopic (exact) mass is 217 g/mol. The lowest BCUT2D eigenvalue weighted by Crippen LogP contribution is -2.24. The molecule has 1 rings (SSSR count). The van der Waals surface area contributed by atoms with Gasteiger partial charge in [-0.3, -0.25) is 0 Å². The number of hydrogen-bond acceptors (Lipinski definition) is 4. The van der Waals surface area contributed by atoms with E-state index in [0.29, 0.717) is 17.8 Å². The van der Waals surface area contributed by atoms with Crippen LogP contribution < -0.4 is 5.73 Å². The van der Waals surface area contributed by atoms with Gasteiger partial charge in [-0.2, -0.15) is 9.19 Å². The number of rotatable bonds is 3. The van der Waals surface area contributed by atoms with Gasteiger partial charge >= 0.3 is 0 Å². The first-order valence-corrected chi connectivity index (χ1v) is 5.96. The van der Waals surface area contributed by atoms with Gasteiger partial charge in [-0.15, -0.1) is 0 Å². The van der Waals surface area contributed by atoms with Crippen LogP contribution in [0.1, 0.15) is 26.0 Å². The van der Waals surface area contributed by atoms with Crippen LogP contribution in [0.25, 0.3) is 0 Å². The van der Waals surface area contributed by atoms with E-state index in [4.69, 9.17) is 5.73 Å². The van der Waals surface area contributed by atoms with E-state index < -0.39 is 15.3 Å². The Morgan fingerprint density at radius 3 is 2.57 bits per heavy atom. The van der Waals surface area contributed by atoms with Crippen molar-refractivity contribution in [2.45, 2.75) is 32.4 Å². The third kappa shape index (κ3) is 1.75. The largest absolute Gasteiger partial charge is 0.396 e. The van der Waals surface area contributed by atoms with Gasteiger partial charge in [-0.25, -0.2) is 8.42 Å². The molecule has 1 unspecified atom stereocenters. The molecule has 0 aliphatic carbocycles. The van der Waals surface area contributed by atoms with E-state index >= 15 is 0 Å². The van der Waals surface area contributed by atoms with Gasteiger partial charge in [-0.1, -0.05) is 6.92 Å². The Hall–Kier alpha value is -1.04. The van der Waals surface area contributed by atoms with Crippen molar-refractivity contribution in [3.63, 3.8) is 0 Å². The fraction of sp³-hybridized carbons (Fsp3) is 0.625. The molecule has 1 heterocycles. The molecule has 0 aromatic carbocycles. The van der Waals surface area contributed by atoms with Crippen LogP contribution in [0.5, 0.6) is 0 Å². The molecule has 5 nitrogen and oxygen atoms in total. The standard InChI is InChI=1S/C8H15N3O2S/c1-4-6(2)14(12,13)11-5-8(9)7(3)10-11/h5-6H,4,9H2,1-3H3. The maximum Gasteiger partial charge on any atom is 0.256 e. The highest BCUT2D eigenvalue weighted by molar-refractivity contribution is 7.90. The average Bonchev–Trinajstić information content (AvgIpc) is 2.46. The van der Waals surface area contributed by atoms with Gasteiger partial charge in [0.25, 0.3) is 10.0 Å². The molecule has 0 saturated heterocycles. The topological polar surface area (TPSA) is 78.0 Å². The summed E-state index contributed by atoms with van der Waals surface area (Å²) >= 11 is 0. The molecule has 0 fully saturated rings. The second-order valence-electron chi connectivity index (χ2n) is 3.31. The summed E-state index contributed by atoms with van der Waals surface area (Å²) in [7, 11) is -3.37. The summed E-state index contributed by atoms with van der Waals surface area (Å²) in [5.74, 6) is 0. The van der Waals surface area contributed by atoms with Gasteiger partial charge in [-0.05, 0) is 20.3 Å². The molecule has 80 valence electrons. The van der Waals surface area contributed by atoms with Crippen LogP contribution in [-0.2, 0) is 10.0 Å². The quantitative estimate of drug-likeness (QED) is 0.810. The zero-order chi connectivity index (χ0) is 10.9. The van der Waals surface area contributed by atoms with Gasteiger partial charge in [0.05, 0.1) is 22.8 Å². The van der Waals surface area contributed by atoms with E-state index in [9.17, 15) is 8.42 Å². The van der Waals surface area contributed by atoms with E-state index in [1.807, 2.05) is 6.92 Å². The van der Waals surface area contributed by atoms with Crippen molar-refractivity contribution in [3.8, 4) is 0 Å². The SMILES string of the molecule is CCC(C)S(=O)(=O)n1cc(N)c(C)n1. The van der Waals surface area contributed by atoms with Crippen LogP contribution in [-0.4, -0.2) is 22.9 Å². The number of nitrogens with zero attached hydrogens (tertiary/aromatic N) is 2. The second kappa shape index (κ2) is 3.61. The van der Waals surface area contributed by atoms with Crippen molar-refractivity contribution >= 4 is 15.7 Å². The molecule has 0 radical (unpaired) electrons. The minimum atomic E-state index is -3.37. The van der Waals surface area contributed by atoms with Crippen molar-refractivity contribution in [2.75, 3.05) is 5.73 Å². The van der Waals surface area contributed by atoms with Crippen molar-refractivity contribution < 1.29 is 8.42 Å². The molecule has 0 aliphatic rings. The number of nitrogen functional groups attached to an aromatic ring is 1. The smallest absolute Gasteiger partial charge is 0.256 e. The van der Waals surface area contributed by atoms with E-state index in [1.165, 1.54) is 6.20 Å². The third-order valence-corrected chi connectivity index (χ3v) is 4.32. The Labute approximate surface area is 84.0 Å². The fourth-order valence-electron chi connectivity index (χ4n) is 0.972. The van der Waals surface area contributed by atoms with Gasteiger partial charge in [0, 0.05) is 0 Å². The lowest BCUT2D eigenvalue weighted by atomic mass is 10.4. The van der Waals surface area contributed by atoms with Gasteiger partial charge < -0.3 is 5.73 Å². The molecule has 0 bridgehead atoms. The molecule has 6 heteroatoms. The highest BCUT2D eigenvalue weighted by Gasteiger charge is 2.22. The highest BCUT2D eigenvalue weighted by atomic mass is 32.2. The number of aromatic nitrogens is 2. The van der Waals surface area contributed by atoms with Crippen LogP contribution in [0.4, 0.5) is 5.69 Å². The maximum atomic E-state index is 11.8. The van der Waals surface area contributed by atoms with Crippen LogP contribution in [0.15, 0.2) is 6.20 Å². The van der Waals surface area contributed by atoms with Crippen molar-refractivity contribution in [1.29, 1.82) is 0 Å². The normalized spacial score (nSPS) is 14.2. The third-order valence-electron chi connectivity index (χ3n) is 2.26. The minimum Gasteiger partial charge on any atom is -0.396 e. The van der Waals surface area contributed by atoms with Gasteiger partial charge in [0.1, 0.15) is 0 Å². The number of anilines is 1. The summed E-state index contributed by atoms with van der Waals surface area (Å²) < 4.78 is 24.5. The zero-order valence-electron chi connectivity index (χ0n) is 8.56. The van der Waals surface area contributed by atoms with Crippen LogP contribution in [0.3, 0.4) is 0 Å². The van der Waals surface area contributed by atoms with Crippen LogP contribution in [0, 0.1) is 6.92 Å². The Morgan fingerprint density at radius 2 is 2.21 bits per heavy atom. The molecular formula is C8H15N3O2S. The molecule has 1 atom stereocenters. The Balaban J connectivity index is 3.17. The lowest BCUT2D eigenvalue weighted by Gasteiger charge is -2.09. The molecule has 1 aromatic heterocycles. The summed E-state index contributed by atoms with van der Waals surface area (Å²) in [6.45, 7) is 5.16. The predicted molar refractivity (Wildman–Crippen MR) is 55.4 cm³/mol. The first-order valence-electron chi connectivity index (χ1n) is 4.45. The fourth-order valence-corrected chi connectivity index (χ4v) is 2.26. The second-order valence-corrected chi connectivity index (χ2v) is 5.52. The van der Waals surface area contributed by atoms with Crippen molar-refractivity contribution in [3.05, 3.63) is 11.9 Å². The number of aryl methyl sites for hydroxylation is 1. The number of hydrogen-bond donors (Lipinski definition) is 1. The minimum absolute atomic E-state index is 0.400. The molecule has 0 spiro atoms. The van der Waals surface area contributed by atoms with Crippen LogP contribution in [0.2, 0.25) is 0 Å². The Morgan fingerprint density at radius 1 is 1.64 bits per heavy atom. The molecule has 14 heavy (non-hydrogen) atoms. The molecular weight excluding hydrogens is 202 g/mol. The number of nitrogens with two attached hydrogens (primary N) is 1. The lowest BCUT2D eigenvalue weighted by molar-refractivity contribution is 0.564. The molecule has 1 aromatic rings. The van der Waals surface area contributed by atoms with E-state index in [0.717, 1.165) is 4.09 Å². The molecule has 2 N–H and O–H groups in total. The highest BCUT2D eigenvalue weighted by Crippen LogP contribution is 2.13. The maximum absolute atomic E-state index is 11.8. The van der Waals surface area contributed by atoms with E-state index in [2.05, 4.69) is 5.10 Å². The summed E-state index contributed by atoms with van der Waals surface area (Å²) in [4.78, 5) is 0. The summed E-state index contributed by atoms with van der Waals surface area (Å²) in [6.07, 6.45) is 1.90. The van der Waals surface area contributed by atoms with Crippen LogP contribution >= 0.6 is 0 Å². The Kier molecular flexibility index (Phi) is 2.84. The van der Waals surface area contributed by atoms with Crippen molar-refractivity contribution in [1.82, 2.24) is 9.19 Å². The summed E-state index contributed by atoms with van der Waals surface area (Å²) in [6, 6.07) is 0. The zero-order valence-corrected chi connectivity index (χ0v) is 9.37. The van der Waals surface area contributed by atoms with Gasteiger partial charge in [0.15, 0.2) is 0 Å². The Bertz CT molecular complexity index is 402. The van der Waals surface area contributed by atoms with Gasteiger partial charge in [0.2, 0.25) is 0 Å². The summed E-state index contributed by atoms with van der Waals surface area (Å²) in [5.41, 5.74) is 6.47.